The van der Waals surface area contributed by atoms with E-state index in [1.807, 2.05) is 50.2 Å². The first-order valence-electron chi connectivity index (χ1n) is 8.12. The van der Waals surface area contributed by atoms with E-state index in [0.717, 1.165) is 11.1 Å². The molecule has 2 aromatic rings. The van der Waals surface area contributed by atoms with Crippen LogP contribution >= 0.6 is 0 Å². The first-order chi connectivity index (χ1) is 11.5. The highest BCUT2D eigenvalue weighted by Crippen LogP contribution is 2.23. The fraction of sp³-hybridized carbons (Fsp3) is 0.316. The number of aryl methyl sites for hydroxylation is 2. The molecule has 124 valence electrons. The topological polar surface area (TPSA) is 62.3 Å². The third-order valence-corrected chi connectivity index (χ3v) is 4.36. The molecule has 0 aliphatic carbocycles. The maximum atomic E-state index is 12.6. The lowest BCUT2D eigenvalue weighted by molar-refractivity contribution is -0.133. The predicted molar refractivity (Wildman–Crippen MR) is 92.4 cm³/mol. The van der Waals surface area contributed by atoms with Crippen LogP contribution in [-0.4, -0.2) is 27.7 Å². The lowest BCUT2D eigenvalue weighted by atomic mass is 10.1. The molecule has 1 saturated heterocycles. The summed E-state index contributed by atoms with van der Waals surface area (Å²) in [6, 6.07) is 11.3. The molecule has 0 bridgehead atoms. The van der Waals surface area contributed by atoms with Crippen molar-refractivity contribution >= 4 is 17.6 Å². The van der Waals surface area contributed by atoms with Gasteiger partial charge < -0.3 is 10.2 Å². The monoisotopic (exact) mass is 323 g/mol. The quantitative estimate of drug-likeness (QED) is 0.941. The Morgan fingerprint density at radius 3 is 2.71 bits per heavy atom. The Labute approximate surface area is 141 Å². The van der Waals surface area contributed by atoms with Crippen molar-refractivity contribution in [3.8, 4) is 0 Å². The number of likely N-dealkylation sites (tertiary alicyclic amines) is 1. The molecule has 5 nitrogen and oxygen atoms in total. The Hall–Kier alpha value is -2.69. The van der Waals surface area contributed by atoms with Crippen LogP contribution in [0.4, 0.5) is 5.82 Å². The molecule has 0 saturated carbocycles. The standard InChI is InChI=1S/C19H21N3O2/c1-13-5-7-15(8-6-13)12-22-16(9-10-17(22)23)19(24)21-18-14(2)4-3-11-20-18/h3-8,11,16H,9-10,12H2,1-2H3,(H,20,21,24)/t16-/m0/s1. The molecule has 1 atom stereocenters. The van der Waals surface area contributed by atoms with E-state index in [2.05, 4.69) is 10.3 Å². The smallest absolute Gasteiger partial charge is 0.248 e. The van der Waals surface area contributed by atoms with Gasteiger partial charge in [-0.05, 0) is 37.5 Å². The average Bonchev–Trinajstić information content (AvgIpc) is 2.93. The molecule has 1 N–H and O–H groups in total. The van der Waals surface area contributed by atoms with E-state index in [4.69, 9.17) is 0 Å². The molecular formula is C19H21N3O2. The maximum absolute atomic E-state index is 12.6. The molecule has 5 heteroatoms. The molecule has 24 heavy (non-hydrogen) atoms. The molecule has 3 rings (SSSR count). The van der Waals surface area contributed by atoms with Gasteiger partial charge in [0.15, 0.2) is 0 Å². The molecule has 1 aliphatic heterocycles. The minimum Gasteiger partial charge on any atom is -0.326 e. The van der Waals surface area contributed by atoms with Crippen molar-refractivity contribution in [2.75, 3.05) is 5.32 Å². The number of anilines is 1. The van der Waals surface area contributed by atoms with Gasteiger partial charge in [0, 0.05) is 19.2 Å². The van der Waals surface area contributed by atoms with E-state index in [1.54, 1.807) is 11.1 Å². The summed E-state index contributed by atoms with van der Waals surface area (Å²) in [7, 11) is 0. The van der Waals surface area contributed by atoms with E-state index in [-0.39, 0.29) is 11.8 Å². The molecular weight excluding hydrogens is 302 g/mol. The number of nitrogens with one attached hydrogen (secondary N) is 1. The second-order valence-corrected chi connectivity index (χ2v) is 6.22. The SMILES string of the molecule is Cc1ccc(CN2C(=O)CC[C@H]2C(=O)Nc2ncccc2C)cc1. The maximum Gasteiger partial charge on any atom is 0.248 e. The van der Waals surface area contributed by atoms with Gasteiger partial charge in [0.2, 0.25) is 11.8 Å². The Balaban J connectivity index is 1.73. The van der Waals surface area contributed by atoms with Gasteiger partial charge in [-0.1, -0.05) is 35.9 Å². The number of rotatable bonds is 4. The second-order valence-electron chi connectivity index (χ2n) is 6.22. The molecule has 1 aromatic carbocycles. The normalized spacial score (nSPS) is 17.2. The fourth-order valence-electron chi connectivity index (χ4n) is 2.91. The van der Waals surface area contributed by atoms with Gasteiger partial charge in [-0.15, -0.1) is 0 Å². The number of carbonyl (C=O) groups is 2. The third kappa shape index (κ3) is 3.45. The number of carbonyl (C=O) groups excluding carboxylic acids is 2. The van der Waals surface area contributed by atoms with Crippen molar-refractivity contribution in [1.82, 2.24) is 9.88 Å². The largest absolute Gasteiger partial charge is 0.326 e. The van der Waals surface area contributed by atoms with Crippen molar-refractivity contribution < 1.29 is 9.59 Å². The number of pyridine rings is 1. The van der Waals surface area contributed by atoms with Crippen LogP contribution in [0.3, 0.4) is 0 Å². The van der Waals surface area contributed by atoms with Crippen LogP contribution in [0.15, 0.2) is 42.6 Å². The van der Waals surface area contributed by atoms with Crippen molar-refractivity contribution in [2.24, 2.45) is 0 Å². The Bertz CT molecular complexity index is 755. The molecule has 0 spiro atoms. The minimum atomic E-state index is -0.444. The zero-order valence-electron chi connectivity index (χ0n) is 14.0. The lowest BCUT2D eigenvalue weighted by Crippen LogP contribution is -2.41. The van der Waals surface area contributed by atoms with Crippen molar-refractivity contribution in [3.63, 3.8) is 0 Å². The average molecular weight is 323 g/mol. The van der Waals surface area contributed by atoms with E-state index in [9.17, 15) is 9.59 Å². The van der Waals surface area contributed by atoms with Gasteiger partial charge >= 0.3 is 0 Å². The predicted octanol–water partition coefficient (Wildman–Crippen LogP) is 2.83. The van der Waals surface area contributed by atoms with Crippen LogP contribution < -0.4 is 5.32 Å². The summed E-state index contributed by atoms with van der Waals surface area (Å²) in [6.45, 7) is 4.38. The molecule has 0 radical (unpaired) electrons. The molecule has 0 unspecified atom stereocenters. The minimum absolute atomic E-state index is 0.0217. The van der Waals surface area contributed by atoms with Crippen LogP contribution in [0.5, 0.6) is 0 Å². The van der Waals surface area contributed by atoms with Gasteiger partial charge in [0.1, 0.15) is 11.9 Å². The number of aromatic nitrogens is 1. The number of benzene rings is 1. The first-order valence-corrected chi connectivity index (χ1v) is 8.12. The van der Waals surface area contributed by atoms with Crippen LogP contribution in [-0.2, 0) is 16.1 Å². The highest BCUT2D eigenvalue weighted by Gasteiger charge is 2.36. The second kappa shape index (κ2) is 6.83. The van der Waals surface area contributed by atoms with E-state index < -0.39 is 6.04 Å². The van der Waals surface area contributed by atoms with Gasteiger partial charge in [-0.2, -0.15) is 0 Å². The Morgan fingerprint density at radius 2 is 2.00 bits per heavy atom. The van der Waals surface area contributed by atoms with Crippen molar-refractivity contribution in [3.05, 3.63) is 59.3 Å². The van der Waals surface area contributed by atoms with Crippen molar-refractivity contribution in [2.45, 2.75) is 39.3 Å². The fourth-order valence-corrected chi connectivity index (χ4v) is 2.91. The molecule has 1 fully saturated rings. The van der Waals surface area contributed by atoms with Gasteiger partial charge in [-0.3, -0.25) is 9.59 Å². The number of hydrogen-bond acceptors (Lipinski definition) is 3. The Morgan fingerprint density at radius 1 is 1.25 bits per heavy atom. The summed E-state index contributed by atoms with van der Waals surface area (Å²) < 4.78 is 0. The van der Waals surface area contributed by atoms with E-state index >= 15 is 0 Å². The van der Waals surface area contributed by atoms with Gasteiger partial charge in [-0.25, -0.2) is 4.98 Å². The highest BCUT2D eigenvalue weighted by atomic mass is 16.2. The van der Waals surface area contributed by atoms with Crippen LogP contribution in [0, 0.1) is 13.8 Å². The summed E-state index contributed by atoms with van der Waals surface area (Å²) >= 11 is 0. The molecule has 2 amide bonds. The zero-order chi connectivity index (χ0) is 17.1. The zero-order valence-corrected chi connectivity index (χ0v) is 14.0. The van der Waals surface area contributed by atoms with Crippen LogP contribution in [0.2, 0.25) is 0 Å². The summed E-state index contributed by atoms with van der Waals surface area (Å²) in [5, 5.41) is 2.85. The summed E-state index contributed by atoms with van der Waals surface area (Å²) in [5.41, 5.74) is 3.11. The summed E-state index contributed by atoms with van der Waals surface area (Å²) in [6.07, 6.45) is 2.60. The summed E-state index contributed by atoms with van der Waals surface area (Å²) in [4.78, 5) is 30.7. The van der Waals surface area contributed by atoms with E-state index in [1.165, 1.54) is 5.56 Å². The third-order valence-electron chi connectivity index (χ3n) is 4.36. The van der Waals surface area contributed by atoms with Crippen molar-refractivity contribution in [1.29, 1.82) is 0 Å². The molecule has 2 heterocycles. The number of amides is 2. The molecule has 1 aliphatic rings. The van der Waals surface area contributed by atoms with Crippen LogP contribution in [0.25, 0.3) is 0 Å². The highest BCUT2D eigenvalue weighted by molar-refractivity contribution is 5.98. The Kier molecular flexibility index (Phi) is 4.60. The van der Waals surface area contributed by atoms with E-state index in [0.29, 0.717) is 25.2 Å². The molecule has 1 aromatic heterocycles. The van der Waals surface area contributed by atoms with Gasteiger partial charge in [0.25, 0.3) is 0 Å². The van der Waals surface area contributed by atoms with Gasteiger partial charge in [0.05, 0.1) is 0 Å². The van der Waals surface area contributed by atoms with Crippen LogP contribution in [0.1, 0.15) is 29.5 Å². The lowest BCUT2D eigenvalue weighted by Gasteiger charge is -2.24. The number of nitrogens with zero attached hydrogens (tertiary/aromatic N) is 2. The first kappa shape index (κ1) is 16.2. The number of hydrogen-bond donors (Lipinski definition) is 1. The summed E-state index contributed by atoms with van der Waals surface area (Å²) in [5.74, 6) is 0.403.